The lowest BCUT2D eigenvalue weighted by atomic mass is 9.83. The second-order valence-corrected chi connectivity index (χ2v) is 3.33. The molecule has 1 atom stereocenters. The lowest BCUT2D eigenvalue weighted by Gasteiger charge is -2.22. The maximum Gasteiger partial charge on any atom is 0.331 e. The zero-order valence-electron chi connectivity index (χ0n) is 7.24. The van der Waals surface area contributed by atoms with Crippen LogP contribution in [0, 0.1) is 5.41 Å². The number of aliphatic carboxylic acids is 2. The molecule has 0 aromatic rings. The van der Waals surface area contributed by atoms with Gasteiger partial charge in [-0.15, -0.1) is 11.6 Å². The first-order valence-corrected chi connectivity index (χ1v) is 4.47. The molecule has 0 aromatic heterocycles. The third-order valence-electron chi connectivity index (χ3n) is 2.08. The quantitative estimate of drug-likeness (QED) is 0.550. The van der Waals surface area contributed by atoms with Gasteiger partial charge in [-0.25, -0.2) is 4.79 Å². The summed E-state index contributed by atoms with van der Waals surface area (Å²) in [6.07, 6.45) is 4.38. The molecule has 1 unspecified atom stereocenters. The first kappa shape index (κ1) is 10.8. The van der Waals surface area contributed by atoms with Gasteiger partial charge in [0, 0.05) is 11.5 Å². The van der Waals surface area contributed by atoms with Crippen molar-refractivity contribution < 1.29 is 19.8 Å². The number of hydrogen-bond acceptors (Lipinski definition) is 2. The Balaban J connectivity index is 3.09. The summed E-state index contributed by atoms with van der Waals surface area (Å²) in [5.74, 6) is -2.41. The first-order valence-electron chi connectivity index (χ1n) is 3.94. The summed E-state index contributed by atoms with van der Waals surface area (Å²) < 4.78 is 0. The fourth-order valence-corrected chi connectivity index (χ4v) is 1.52. The van der Waals surface area contributed by atoms with Crippen molar-refractivity contribution in [1.29, 1.82) is 0 Å². The molecule has 1 aliphatic carbocycles. The van der Waals surface area contributed by atoms with Crippen LogP contribution in [0.3, 0.4) is 0 Å². The predicted octanol–water partition coefficient (Wildman–Crippen LogP) is 1.27. The molecule has 0 bridgehead atoms. The summed E-state index contributed by atoms with van der Waals surface area (Å²) in [7, 11) is 0. The summed E-state index contributed by atoms with van der Waals surface area (Å²) in [4.78, 5) is 21.5. The fraction of sp³-hybridized carbons (Fsp3) is 0.333. The van der Waals surface area contributed by atoms with Crippen LogP contribution in [0.25, 0.3) is 0 Å². The summed E-state index contributed by atoms with van der Waals surface area (Å²) in [6, 6.07) is 0. The number of halogens is 1. The molecule has 0 amide bonds. The van der Waals surface area contributed by atoms with Crippen molar-refractivity contribution in [3.05, 3.63) is 23.8 Å². The lowest BCUT2D eigenvalue weighted by Crippen LogP contribution is -2.31. The van der Waals surface area contributed by atoms with E-state index in [1.165, 1.54) is 18.2 Å². The van der Waals surface area contributed by atoms with E-state index in [4.69, 9.17) is 21.8 Å². The van der Waals surface area contributed by atoms with Crippen molar-refractivity contribution in [2.24, 2.45) is 5.41 Å². The highest BCUT2D eigenvalue weighted by atomic mass is 35.5. The summed E-state index contributed by atoms with van der Waals surface area (Å²) in [5.41, 5.74) is -1.30. The van der Waals surface area contributed by atoms with E-state index in [0.717, 1.165) is 0 Å². The second kappa shape index (κ2) is 3.84. The Hall–Kier alpha value is -1.29. The molecule has 1 rings (SSSR count). The minimum atomic E-state index is -1.37. The van der Waals surface area contributed by atoms with Gasteiger partial charge in [0.15, 0.2) is 0 Å². The smallest absolute Gasteiger partial charge is 0.331 e. The first-order chi connectivity index (χ1) is 6.52. The molecule has 0 saturated carbocycles. The molecule has 0 spiro atoms. The zero-order chi connectivity index (χ0) is 10.8. The van der Waals surface area contributed by atoms with Gasteiger partial charge in [-0.1, -0.05) is 18.2 Å². The summed E-state index contributed by atoms with van der Waals surface area (Å²) >= 11 is 5.53. The fourth-order valence-electron chi connectivity index (χ4n) is 1.24. The predicted molar refractivity (Wildman–Crippen MR) is 50.3 cm³/mol. The molecule has 0 saturated heterocycles. The molecular weight excluding hydrogens is 208 g/mol. The van der Waals surface area contributed by atoms with Crippen molar-refractivity contribution in [2.75, 3.05) is 5.88 Å². The van der Waals surface area contributed by atoms with Crippen molar-refractivity contribution in [1.82, 2.24) is 0 Å². The summed E-state index contributed by atoms with van der Waals surface area (Å²) in [6.45, 7) is 0. The third-order valence-corrected chi connectivity index (χ3v) is 2.52. The Morgan fingerprint density at radius 3 is 2.57 bits per heavy atom. The Morgan fingerprint density at radius 2 is 2.14 bits per heavy atom. The number of allylic oxidation sites excluding steroid dienone is 1. The van der Waals surface area contributed by atoms with E-state index in [0.29, 0.717) is 0 Å². The van der Waals surface area contributed by atoms with Crippen LogP contribution in [0.15, 0.2) is 23.8 Å². The molecule has 0 radical (unpaired) electrons. The van der Waals surface area contributed by atoms with Crippen LogP contribution in [-0.2, 0) is 9.59 Å². The van der Waals surface area contributed by atoms with E-state index in [-0.39, 0.29) is 17.9 Å². The maximum atomic E-state index is 10.9. The number of carboxylic acid groups (broad SMARTS) is 2. The van der Waals surface area contributed by atoms with Crippen LogP contribution in [0.5, 0.6) is 0 Å². The molecule has 2 N–H and O–H groups in total. The molecule has 76 valence electrons. The van der Waals surface area contributed by atoms with Crippen molar-refractivity contribution >= 4 is 23.5 Å². The zero-order valence-corrected chi connectivity index (χ0v) is 7.99. The number of rotatable bonds is 3. The Labute approximate surface area is 85.5 Å². The molecule has 1 aliphatic rings. The van der Waals surface area contributed by atoms with Crippen LogP contribution in [0.2, 0.25) is 0 Å². The SMILES string of the molecule is O=C(O)C1=CC(CCl)(C(=O)O)C=CC1. The largest absolute Gasteiger partial charge is 0.480 e. The minimum Gasteiger partial charge on any atom is -0.480 e. The highest BCUT2D eigenvalue weighted by molar-refractivity contribution is 6.20. The molecular formula is C9H9ClO4. The molecule has 5 heteroatoms. The lowest BCUT2D eigenvalue weighted by molar-refractivity contribution is -0.142. The van der Waals surface area contributed by atoms with E-state index >= 15 is 0 Å². The van der Waals surface area contributed by atoms with Crippen LogP contribution in [0.1, 0.15) is 6.42 Å². The maximum absolute atomic E-state index is 10.9. The van der Waals surface area contributed by atoms with Gasteiger partial charge >= 0.3 is 11.9 Å². The number of hydrogen-bond donors (Lipinski definition) is 2. The van der Waals surface area contributed by atoms with E-state index in [2.05, 4.69) is 0 Å². The molecule has 4 nitrogen and oxygen atoms in total. The average molecular weight is 217 g/mol. The second-order valence-electron chi connectivity index (χ2n) is 3.06. The Bertz CT molecular complexity index is 332. The van der Waals surface area contributed by atoms with E-state index in [9.17, 15) is 9.59 Å². The average Bonchev–Trinajstić information content (AvgIpc) is 2.17. The number of carboxylic acids is 2. The topological polar surface area (TPSA) is 74.6 Å². The third kappa shape index (κ3) is 1.80. The van der Waals surface area contributed by atoms with Gasteiger partial charge in [0.05, 0.1) is 0 Å². The van der Waals surface area contributed by atoms with Gasteiger partial charge in [-0.3, -0.25) is 4.79 Å². The van der Waals surface area contributed by atoms with Crippen molar-refractivity contribution in [2.45, 2.75) is 6.42 Å². The highest BCUT2D eigenvalue weighted by Gasteiger charge is 2.35. The van der Waals surface area contributed by atoms with E-state index in [1.54, 1.807) is 0 Å². The van der Waals surface area contributed by atoms with Gasteiger partial charge in [-0.2, -0.15) is 0 Å². The Kier molecular flexibility index (Phi) is 2.96. The van der Waals surface area contributed by atoms with Gasteiger partial charge in [0.2, 0.25) is 0 Å². The van der Waals surface area contributed by atoms with Crippen LogP contribution in [0.4, 0.5) is 0 Å². The monoisotopic (exact) mass is 216 g/mol. The summed E-state index contributed by atoms with van der Waals surface area (Å²) in [5, 5.41) is 17.6. The normalized spacial score (nSPS) is 25.6. The van der Waals surface area contributed by atoms with Gasteiger partial charge in [0.25, 0.3) is 0 Å². The van der Waals surface area contributed by atoms with Crippen LogP contribution in [-0.4, -0.2) is 28.0 Å². The molecule has 0 heterocycles. The number of alkyl halides is 1. The van der Waals surface area contributed by atoms with Gasteiger partial charge in [-0.05, 0) is 6.42 Å². The van der Waals surface area contributed by atoms with Crippen molar-refractivity contribution in [3.8, 4) is 0 Å². The number of carbonyl (C=O) groups is 2. The molecule has 0 fully saturated rings. The van der Waals surface area contributed by atoms with Gasteiger partial charge in [0.1, 0.15) is 5.41 Å². The Morgan fingerprint density at radius 1 is 1.50 bits per heavy atom. The standard InChI is InChI=1S/C9H9ClO4/c10-5-9(8(13)14)3-1-2-6(4-9)7(11)12/h1,3-4H,2,5H2,(H,11,12)(H,13,14). The molecule has 14 heavy (non-hydrogen) atoms. The van der Waals surface area contributed by atoms with Crippen molar-refractivity contribution in [3.63, 3.8) is 0 Å². The van der Waals surface area contributed by atoms with Crippen LogP contribution < -0.4 is 0 Å². The van der Waals surface area contributed by atoms with E-state index in [1.807, 2.05) is 0 Å². The molecule has 0 aromatic carbocycles. The molecule has 0 aliphatic heterocycles. The highest BCUT2D eigenvalue weighted by Crippen LogP contribution is 2.30. The minimum absolute atomic E-state index is 0.0653. The van der Waals surface area contributed by atoms with Gasteiger partial charge < -0.3 is 10.2 Å². The van der Waals surface area contributed by atoms with E-state index < -0.39 is 17.4 Å². The van der Waals surface area contributed by atoms with Crippen LogP contribution >= 0.6 is 11.6 Å².